The Morgan fingerprint density at radius 1 is 0.268 bits per heavy atom. The molecule has 19 nitrogen and oxygen atoms in total. The molecule has 0 N–H and O–H groups in total. The minimum atomic E-state index is -4.81. The number of sulfone groups is 9. The van der Waals surface area contributed by atoms with Crippen LogP contribution in [0.3, 0.4) is 0 Å². The Morgan fingerprint density at radius 2 is 0.565 bits per heavy atom. The van der Waals surface area contributed by atoms with Gasteiger partial charge in [0.25, 0.3) is 6.43 Å². The molecule has 8 aromatic carbocycles. The third-order valence-electron chi connectivity index (χ3n) is 21.2. The second kappa shape index (κ2) is 52.0. The summed E-state index contributed by atoms with van der Waals surface area (Å²) in [5.41, 5.74) is 10.5. The monoisotopic (exact) mass is 2230 g/mol. The summed E-state index contributed by atoms with van der Waals surface area (Å²) in [6.45, 7) is 46.3. The molecule has 0 aliphatic rings. The quantitative estimate of drug-likeness (QED) is 0.0679. The number of alkyl halides is 5. The summed E-state index contributed by atoms with van der Waals surface area (Å²) < 4.78 is 296. The number of hydrogen-bond acceptors (Lipinski definition) is 19. The number of rotatable bonds is 19. The van der Waals surface area contributed by atoms with E-state index in [0.29, 0.717) is 70.5 Å². The molecule has 0 saturated carbocycles. The Bertz CT molecular complexity index is 6360. The van der Waals surface area contributed by atoms with Gasteiger partial charge in [-0.3, -0.25) is 0 Å². The molecule has 0 atom stereocenters. The van der Waals surface area contributed by atoms with Gasteiger partial charge in [0.05, 0.1) is 65.5 Å². The highest BCUT2D eigenvalue weighted by atomic mass is 35.5. The normalized spacial score (nSPS) is 12.3. The molecule has 1 heterocycles. The molecule has 9 aromatic rings. The summed E-state index contributed by atoms with van der Waals surface area (Å²) in [4.78, 5) is 3.78. The first-order chi connectivity index (χ1) is 62.0. The Labute approximate surface area is 846 Å². The number of aromatic nitrogens is 1. The van der Waals surface area contributed by atoms with Gasteiger partial charge in [-0.1, -0.05) is 243 Å². The van der Waals surface area contributed by atoms with E-state index in [1.165, 1.54) is 72.7 Å². The van der Waals surface area contributed by atoms with Gasteiger partial charge in [-0.15, -0.1) is 0 Å². The van der Waals surface area contributed by atoms with Crippen LogP contribution in [0, 0.1) is 53.2 Å². The Morgan fingerprint density at radius 3 is 0.906 bits per heavy atom. The third-order valence-corrected chi connectivity index (χ3v) is 34.2. The maximum absolute atomic E-state index is 13.8. The zero-order chi connectivity index (χ0) is 109. The van der Waals surface area contributed by atoms with Crippen molar-refractivity contribution in [2.24, 2.45) is 0 Å². The molecular weight excluding hydrogens is 2100 g/mol. The smallest absolute Gasteiger partial charge is 0.244 e. The van der Waals surface area contributed by atoms with Crippen molar-refractivity contribution in [3.63, 3.8) is 0 Å². The average Bonchev–Trinajstić information content (AvgIpc) is 0.768. The van der Waals surface area contributed by atoms with Gasteiger partial charge < -0.3 is 0 Å². The van der Waals surface area contributed by atoms with Gasteiger partial charge in [0.15, 0.2) is 99.4 Å². The second-order valence-corrected chi connectivity index (χ2v) is 56.1. The van der Waals surface area contributed by atoms with E-state index >= 15 is 0 Å². The van der Waals surface area contributed by atoms with Crippen LogP contribution in [0.15, 0.2) is 160 Å². The predicted molar refractivity (Wildman–Crippen MR) is 549 cm³/mol. The number of benzene rings is 8. The molecular formula is C97H128Cl6F7NO18S9. The lowest BCUT2D eigenvalue weighted by atomic mass is 9.95. The van der Waals surface area contributed by atoms with E-state index in [9.17, 15) is 106 Å². The predicted octanol–water partition coefficient (Wildman–Crippen LogP) is 27.3. The summed E-state index contributed by atoms with van der Waals surface area (Å²) in [5, 5.41) is 1.08. The molecule has 0 unspecified atom stereocenters. The van der Waals surface area contributed by atoms with Crippen LogP contribution in [-0.4, -0.2) is 137 Å². The molecule has 0 saturated heterocycles. The first kappa shape index (κ1) is 130. The minimum absolute atomic E-state index is 0.0561. The molecule has 138 heavy (non-hydrogen) atoms. The van der Waals surface area contributed by atoms with E-state index in [1.54, 1.807) is 95.4 Å². The van der Waals surface area contributed by atoms with Gasteiger partial charge in [-0.25, -0.2) is 98.3 Å². The van der Waals surface area contributed by atoms with Gasteiger partial charge in [0.1, 0.15) is 10.7 Å². The Hall–Kier alpha value is -6.29. The van der Waals surface area contributed by atoms with Crippen LogP contribution in [0.2, 0.25) is 30.1 Å². The molecule has 0 bridgehead atoms. The van der Waals surface area contributed by atoms with Crippen molar-refractivity contribution in [2.75, 3.05) is 56.3 Å². The van der Waals surface area contributed by atoms with Crippen molar-refractivity contribution in [1.82, 2.24) is 4.98 Å². The topological polar surface area (TPSA) is 320 Å². The summed E-state index contributed by atoms with van der Waals surface area (Å²) in [5.74, 6) is -0.410. The number of nitrogens with zero attached hydrogens (tertiary/aromatic N) is 1. The zero-order valence-electron chi connectivity index (χ0n) is 83.6. The van der Waals surface area contributed by atoms with Crippen molar-refractivity contribution in [1.29, 1.82) is 0 Å². The van der Waals surface area contributed by atoms with Crippen LogP contribution in [0.1, 0.15) is 279 Å². The largest absolute Gasteiger partial charge is 0.419 e. The highest BCUT2D eigenvalue weighted by molar-refractivity contribution is 7.93. The maximum Gasteiger partial charge on any atom is 0.419 e. The molecule has 9 rings (SSSR count). The van der Waals surface area contributed by atoms with E-state index in [2.05, 4.69) is 46.5 Å². The molecule has 0 amide bonds. The fourth-order valence-corrected chi connectivity index (χ4v) is 24.0. The van der Waals surface area contributed by atoms with E-state index in [-0.39, 0.29) is 64.6 Å². The first-order valence-electron chi connectivity index (χ1n) is 42.5. The summed E-state index contributed by atoms with van der Waals surface area (Å²) in [7, 11) is -30.4. The van der Waals surface area contributed by atoms with Crippen molar-refractivity contribution in [3.8, 4) is 0 Å². The highest BCUT2D eigenvalue weighted by Crippen LogP contribution is 2.44. The Kier molecular flexibility index (Phi) is 48.9. The average molecular weight is 2230 g/mol. The summed E-state index contributed by atoms with van der Waals surface area (Å²) in [6, 6.07) is 27.8. The molecule has 0 spiro atoms. The van der Waals surface area contributed by atoms with Crippen LogP contribution in [0.4, 0.5) is 30.7 Å². The van der Waals surface area contributed by atoms with E-state index < -0.39 is 139 Å². The van der Waals surface area contributed by atoms with Gasteiger partial charge >= 0.3 is 6.18 Å². The van der Waals surface area contributed by atoms with Crippen molar-refractivity contribution < 1.29 is 106 Å². The summed E-state index contributed by atoms with van der Waals surface area (Å²) in [6.07, 6.45) is 3.33. The SMILES string of the molecule is CC(C)c1ccc(S(C)(=O)=O)c(C(F)(F)F)c1Cl.CC(C)c1ccc(S(C)(=O)=O)c(C(F)F)c1F.CC(C)c1ccc(S(C)(=O)=O)c(Cl)c1Cl.CC(C)c1ccc(S(C)(=O)=O)c(F)c1Cl.CC(C)c1ccc(S(C)(=O)=O)cc1Cl.Cc1c(C(C)C)ccc(S(C)(=O)=O)c1C.Cc1c(C(C)C)cnc(S(C)(=O)=O)c1C.Cc1c(S(C)(=O)=O)ccc(C(C)C)c1Cl.Cc1cc(S(C)(=O)=O)ccc1C(C)C. The second-order valence-electron chi connectivity index (χ2n) is 35.9. The van der Waals surface area contributed by atoms with Gasteiger partial charge in [-0.2, -0.15) is 13.2 Å². The number of halogens is 13. The molecule has 41 heteroatoms. The lowest BCUT2D eigenvalue weighted by Crippen LogP contribution is -2.14. The molecule has 774 valence electrons. The van der Waals surface area contributed by atoms with Gasteiger partial charge in [-0.05, 0) is 239 Å². The summed E-state index contributed by atoms with van der Waals surface area (Å²) >= 11 is 35.5. The maximum atomic E-state index is 13.8. The van der Waals surface area contributed by atoms with E-state index in [0.717, 1.165) is 87.2 Å². The molecule has 1 aromatic heterocycles. The van der Waals surface area contributed by atoms with Crippen molar-refractivity contribution in [3.05, 3.63) is 252 Å². The zero-order valence-corrected chi connectivity index (χ0v) is 95.5. The van der Waals surface area contributed by atoms with Crippen molar-refractivity contribution in [2.45, 2.75) is 276 Å². The van der Waals surface area contributed by atoms with Crippen molar-refractivity contribution >= 4 is 158 Å². The number of aryl methyl sites for hydroxylation is 1. The molecule has 0 radical (unpaired) electrons. The third kappa shape index (κ3) is 37.7. The fourth-order valence-electron chi connectivity index (χ4n) is 13.5. The number of pyridine rings is 1. The van der Waals surface area contributed by atoms with Crippen LogP contribution in [-0.2, 0) is 94.7 Å². The van der Waals surface area contributed by atoms with Crippen LogP contribution >= 0.6 is 69.6 Å². The van der Waals surface area contributed by atoms with Gasteiger partial charge in [0, 0.05) is 72.5 Å². The molecule has 0 aliphatic carbocycles. The lowest BCUT2D eigenvalue weighted by Gasteiger charge is -2.17. The highest BCUT2D eigenvalue weighted by Gasteiger charge is 2.40. The van der Waals surface area contributed by atoms with Crippen LogP contribution in [0.25, 0.3) is 0 Å². The molecule has 0 fully saturated rings. The van der Waals surface area contributed by atoms with Crippen LogP contribution in [0.5, 0.6) is 0 Å². The minimum Gasteiger partial charge on any atom is -0.244 e. The number of hydrogen-bond donors (Lipinski definition) is 0. The first-order valence-corrected chi connectivity index (χ1v) is 61.8. The lowest BCUT2D eigenvalue weighted by molar-refractivity contribution is -0.139. The Balaban J connectivity index is 0.000000777. The van der Waals surface area contributed by atoms with Crippen LogP contribution < -0.4 is 0 Å². The van der Waals surface area contributed by atoms with E-state index in [1.807, 2.05) is 102 Å². The fraction of sp³-hybridized carbons (Fsp3) is 0.454. The van der Waals surface area contributed by atoms with Gasteiger partial charge in [0.2, 0.25) is 0 Å². The van der Waals surface area contributed by atoms with E-state index in [4.69, 9.17) is 69.6 Å². The molecule has 0 aliphatic heterocycles. The standard InChI is InChI=1S/C12H18O2S.C11H12ClF3O2S.C11H15ClO2S.C11H13F3O2S.C11H17NO2S.C11H16O2S.C10H12Cl2O2S.C10H12ClFO2S.C10H13ClO2S/c1-8(2)11-6-7-12(15(5,13)14)10(4)9(11)3;1-6(2)7-4-5-8(18(3,16)17)9(10(7)12)11(13,14)15;1-7(2)9-5-6-10(15(4,13)14)8(3)11(9)12;1-6(2)7-4-5-8(17(3,15)16)9(10(7)12)11(13)14;1-7(2)10-6-12-11(15(5,13)14)9(4)8(10)3;1-8(2)11-6-5-10(7-9(11)3)14(4,12)13;2*1-6(2)7-4-5-8(15(3,13)14)10(12)9(7)11;1-7(2)9-5-4-8(6-10(9)11)14(3,12)13/h6-8H,1-5H3;4-6H,1-3H3;5-7H,1-4H3;4-6,11H,1-3H3;6-7H,1-5H3;5-8H,1-4H3;2*4-6H,1-3H3;4-7H,1-3H3.